The van der Waals surface area contributed by atoms with Crippen LogP contribution in [-0.2, 0) is 11.3 Å². The largest absolute Gasteiger partial charge is 0.357 e. The predicted octanol–water partition coefficient (Wildman–Crippen LogP) is 3.95. The van der Waals surface area contributed by atoms with E-state index in [0.717, 1.165) is 54.5 Å². The van der Waals surface area contributed by atoms with Crippen molar-refractivity contribution in [2.45, 2.75) is 66.0 Å². The summed E-state index contributed by atoms with van der Waals surface area (Å²) in [5, 5.41) is 11.2. The minimum atomic E-state index is 0. The van der Waals surface area contributed by atoms with E-state index in [1.807, 2.05) is 35.6 Å². The number of hydrogen-bond acceptors (Lipinski definition) is 3. The van der Waals surface area contributed by atoms with Crippen molar-refractivity contribution >= 4 is 35.8 Å². The number of aliphatic imine (C=N–C) groups is 1. The monoisotopic (exact) mass is 552 g/mol. The number of rotatable bonds is 7. The van der Waals surface area contributed by atoms with E-state index in [1.54, 1.807) is 0 Å². The minimum absolute atomic E-state index is 0. The Balaban J connectivity index is 0.00000363. The maximum atomic E-state index is 12.6. The molecule has 1 fully saturated rings. The zero-order valence-corrected chi connectivity index (χ0v) is 22.1. The van der Waals surface area contributed by atoms with Gasteiger partial charge in [-0.2, -0.15) is 5.10 Å². The van der Waals surface area contributed by atoms with Crippen LogP contribution < -0.4 is 10.6 Å². The van der Waals surface area contributed by atoms with Crippen molar-refractivity contribution in [3.8, 4) is 5.69 Å². The Morgan fingerprint density at radius 3 is 2.69 bits per heavy atom. The quantitative estimate of drug-likeness (QED) is 0.310. The molecule has 1 unspecified atom stereocenters. The molecule has 0 aliphatic carbocycles. The molecule has 1 aromatic carbocycles. The highest BCUT2D eigenvalue weighted by Gasteiger charge is 2.22. The lowest BCUT2D eigenvalue weighted by Gasteiger charge is -2.33. The number of likely N-dealkylation sites (tertiary alicyclic amines) is 1. The van der Waals surface area contributed by atoms with E-state index in [2.05, 4.69) is 47.8 Å². The second kappa shape index (κ2) is 12.8. The molecule has 32 heavy (non-hydrogen) atoms. The van der Waals surface area contributed by atoms with Gasteiger partial charge in [-0.3, -0.25) is 4.79 Å². The molecule has 0 spiro atoms. The Morgan fingerprint density at radius 1 is 1.22 bits per heavy atom. The summed E-state index contributed by atoms with van der Waals surface area (Å²) < 4.78 is 1.97. The Hall–Kier alpha value is -2.10. The van der Waals surface area contributed by atoms with Gasteiger partial charge in [-0.15, -0.1) is 24.0 Å². The summed E-state index contributed by atoms with van der Waals surface area (Å²) in [5.74, 6) is 0.954. The van der Waals surface area contributed by atoms with Crippen LogP contribution in [0, 0.1) is 13.8 Å². The maximum absolute atomic E-state index is 12.6. The number of aryl methyl sites for hydroxylation is 2. The zero-order valence-electron chi connectivity index (χ0n) is 19.7. The standard InChI is InChI=1S/C24H36N6O.HI/c1-5-25-24(26-14-13-23(31)29-15-9-8-10-19(29)3)27-17-21-11-6-7-12-22(21)30-20(4)16-18(2)28-30;/h6-7,11-12,16,19H,5,8-10,13-15,17H2,1-4H3,(H2,25,26,27);1H. The van der Waals surface area contributed by atoms with E-state index >= 15 is 0 Å². The molecular formula is C24H37IN6O. The van der Waals surface area contributed by atoms with Crippen LogP contribution in [0.15, 0.2) is 35.3 Å². The second-order valence-corrected chi connectivity index (χ2v) is 8.27. The van der Waals surface area contributed by atoms with Crippen molar-refractivity contribution in [3.63, 3.8) is 0 Å². The van der Waals surface area contributed by atoms with Crippen molar-refractivity contribution in [1.29, 1.82) is 0 Å². The van der Waals surface area contributed by atoms with Crippen molar-refractivity contribution < 1.29 is 4.79 Å². The van der Waals surface area contributed by atoms with E-state index in [9.17, 15) is 4.79 Å². The molecule has 2 aromatic rings. The normalized spacial score (nSPS) is 16.4. The number of aromatic nitrogens is 2. The van der Waals surface area contributed by atoms with Crippen LogP contribution in [0.2, 0.25) is 0 Å². The summed E-state index contributed by atoms with van der Waals surface area (Å²) in [6.07, 6.45) is 3.93. The van der Waals surface area contributed by atoms with Crippen LogP contribution >= 0.6 is 24.0 Å². The lowest BCUT2D eigenvalue weighted by molar-refractivity contribution is -0.134. The third-order valence-corrected chi connectivity index (χ3v) is 5.74. The van der Waals surface area contributed by atoms with Gasteiger partial charge in [-0.25, -0.2) is 9.67 Å². The predicted molar refractivity (Wildman–Crippen MR) is 141 cm³/mol. The Bertz CT molecular complexity index is 910. The molecule has 7 nitrogen and oxygen atoms in total. The van der Waals surface area contributed by atoms with Gasteiger partial charge in [0, 0.05) is 37.8 Å². The van der Waals surface area contributed by atoms with Gasteiger partial charge in [0.25, 0.3) is 0 Å². The summed E-state index contributed by atoms with van der Waals surface area (Å²) in [4.78, 5) is 19.4. The maximum Gasteiger partial charge on any atom is 0.224 e. The van der Waals surface area contributed by atoms with Gasteiger partial charge in [-0.05, 0) is 64.7 Å². The van der Waals surface area contributed by atoms with Crippen LogP contribution in [0.4, 0.5) is 0 Å². The highest BCUT2D eigenvalue weighted by molar-refractivity contribution is 14.0. The van der Waals surface area contributed by atoms with E-state index in [1.165, 1.54) is 6.42 Å². The Morgan fingerprint density at radius 2 is 2.00 bits per heavy atom. The van der Waals surface area contributed by atoms with E-state index in [4.69, 9.17) is 4.99 Å². The number of carbonyl (C=O) groups excluding carboxylic acids is 1. The van der Waals surface area contributed by atoms with Gasteiger partial charge in [-0.1, -0.05) is 18.2 Å². The SMILES string of the molecule is CCNC(=NCc1ccccc1-n1nc(C)cc1C)NCCC(=O)N1CCCCC1C.I. The van der Waals surface area contributed by atoms with Crippen LogP contribution in [0.25, 0.3) is 5.69 Å². The van der Waals surface area contributed by atoms with Crippen LogP contribution in [0.5, 0.6) is 0 Å². The minimum Gasteiger partial charge on any atom is -0.357 e. The van der Waals surface area contributed by atoms with Gasteiger partial charge in [0.15, 0.2) is 5.96 Å². The lowest BCUT2D eigenvalue weighted by atomic mass is 10.0. The summed E-state index contributed by atoms with van der Waals surface area (Å²) in [5.41, 5.74) is 4.24. The molecule has 2 heterocycles. The number of carbonyl (C=O) groups is 1. The summed E-state index contributed by atoms with van der Waals surface area (Å²) in [6.45, 7) is 11.0. The van der Waals surface area contributed by atoms with Gasteiger partial charge < -0.3 is 15.5 Å². The number of para-hydroxylation sites is 1. The first kappa shape index (κ1) is 26.2. The van der Waals surface area contributed by atoms with Gasteiger partial charge in [0.05, 0.1) is 17.9 Å². The molecule has 0 bridgehead atoms. The van der Waals surface area contributed by atoms with Gasteiger partial charge >= 0.3 is 0 Å². The fourth-order valence-corrected chi connectivity index (χ4v) is 4.13. The average molecular weight is 553 g/mol. The van der Waals surface area contributed by atoms with Crippen LogP contribution in [0.3, 0.4) is 0 Å². The Labute approximate surface area is 209 Å². The van der Waals surface area contributed by atoms with Crippen molar-refractivity contribution in [1.82, 2.24) is 25.3 Å². The molecule has 2 N–H and O–H groups in total. The number of halogens is 1. The van der Waals surface area contributed by atoms with E-state index in [0.29, 0.717) is 25.6 Å². The molecule has 1 aliphatic rings. The highest BCUT2D eigenvalue weighted by atomic mass is 127. The lowest BCUT2D eigenvalue weighted by Crippen LogP contribution is -2.44. The molecule has 0 radical (unpaired) electrons. The third kappa shape index (κ3) is 6.95. The number of benzene rings is 1. The fraction of sp³-hybridized carbons (Fsp3) is 0.542. The molecule has 1 amide bonds. The first-order valence-corrected chi connectivity index (χ1v) is 11.4. The molecule has 1 saturated heterocycles. The number of nitrogens with one attached hydrogen (secondary N) is 2. The second-order valence-electron chi connectivity index (χ2n) is 8.27. The summed E-state index contributed by atoms with van der Waals surface area (Å²) in [7, 11) is 0. The molecule has 1 atom stereocenters. The summed E-state index contributed by atoms with van der Waals surface area (Å²) in [6, 6.07) is 10.6. The highest BCUT2D eigenvalue weighted by Crippen LogP contribution is 2.18. The van der Waals surface area contributed by atoms with E-state index in [-0.39, 0.29) is 29.9 Å². The number of hydrogen-bond donors (Lipinski definition) is 2. The Kier molecular flexibility index (Phi) is 10.5. The molecule has 176 valence electrons. The number of amides is 1. The van der Waals surface area contributed by atoms with Crippen molar-refractivity contribution in [3.05, 3.63) is 47.3 Å². The average Bonchev–Trinajstić information content (AvgIpc) is 3.10. The van der Waals surface area contributed by atoms with Gasteiger partial charge in [0.1, 0.15) is 0 Å². The molecule has 1 aliphatic heterocycles. The molecule has 1 aromatic heterocycles. The number of guanidine groups is 1. The summed E-state index contributed by atoms with van der Waals surface area (Å²) >= 11 is 0. The first-order chi connectivity index (χ1) is 15.0. The number of nitrogens with zero attached hydrogens (tertiary/aromatic N) is 4. The zero-order chi connectivity index (χ0) is 22.2. The molecule has 0 saturated carbocycles. The van der Waals surface area contributed by atoms with Crippen LogP contribution in [-0.4, -0.2) is 52.2 Å². The fourth-order valence-electron chi connectivity index (χ4n) is 4.13. The molecular weight excluding hydrogens is 515 g/mol. The van der Waals surface area contributed by atoms with Crippen molar-refractivity contribution in [2.75, 3.05) is 19.6 Å². The van der Waals surface area contributed by atoms with Gasteiger partial charge in [0.2, 0.25) is 5.91 Å². The molecule has 8 heteroatoms. The van der Waals surface area contributed by atoms with E-state index < -0.39 is 0 Å². The molecule has 3 rings (SSSR count). The van der Waals surface area contributed by atoms with Crippen molar-refractivity contribution in [2.24, 2.45) is 4.99 Å². The number of piperidine rings is 1. The van der Waals surface area contributed by atoms with Crippen LogP contribution in [0.1, 0.15) is 56.5 Å². The topological polar surface area (TPSA) is 74.5 Å². The smallest absolute Gasteiger partial charge is 0.224 e. The third-order valence-electron chi connectivity index (χ3n) is 5.74. The first-order valence-electron chi connectivity index (χ1n) is 11.4.